The fourth-order valence-electron chi connectivity index (χ4n) is 5.15. The zero-order chi connectivity index (χ0) is 24.9. The molecule has 1 saturated heterocycles. The van der Waals surface area contributed by atoms with Crippen molar-refractivity contribution in [3.05, 3.63) is 59.2 Å². The second-order valence-electron chi connectivity index (χ2n) is 9.12. The zero-order valence-corrected chi connectivity index (χ0v) is 19.9. The molecule has 2 aromatic rings. The third-order valence-corrected chi connectivity index (χ3v) is 6.74. The van der Waals surface area contributed by atoms with Gasteiger partial charge in [0.15, 0.2) is 17.0 Å². The first-order valence-corrected chi connectivity index (χ1v) is 11.5. The van der Waals surface area contributed by atoms with Gasteiger partial charge in [0.2, 0.25) is 0 Å². The zero-order valence-electron chi connectivity index (χ0n) is 19.9. The lowest BCUT2D eigenvalue weighted by Gasteiger charge is -2.34. The number of aliphatic hydroxyl groups is 1. The molecule has 1 fully saturated rings. The number of benzene rings is 2. The van der Waals surface area contributed by atoms with Gasteiger partial charge in [-0.15, -0.1) is 0 Å². The number of ether oxygens (including phenoxy) is 2. The molecule has 1 N–H and O–H groups in total. The summed E-state index contributed by atoms with van der Waals surface area (Å²) in [4.78, 5) is 45.6. The highest BCUT2D eigenvalue weighted by Gasteiger charge is 2.66. The summed E-state index contributed by atoms with van der Waals surface area (Å²) >= 11 is 0. The number of fused-ring (bicyclic) bond motifs is 3. The van der Waals surface area contributed by atoms with E-state index in [0.29, 0.717) is 48.9 Å². The van der Waals surface area contributed by atoms with Gasteiger partial charge in [0.25, 0.3) is 17.6 Å². The van der Waals surface area contributed by atoms with Crippen LogP contribution in [0.3, 0.4) is 0 Å². The van der Waals surface area contributed by atoms with Crippen molar-refractivity contribution >= 4 is 29.0 Å². The van der Waals surface area contributed by atoms with Gasteiger partial charge in [-0.05, 0) is 51.3 Å². The lowest BCUT2D eigenvalue weighted by molar-refractivity contribution is -0.143. The highest BCUT2D eigenvalue weighted by molar-refractivity contribution is 6.50. The number of likely N-dealkylation sites (tertiary alicyclic amines) is 1. The number of anilines is 1. The van der Waals surface area contributed by atoms with Crippen LogP contribution < -0.4 is 14.4 Å². The number of carbonyl (C=O) groups excluding carboxylic acids is 3. The number of aliphatic hydroxyl groups excluding tert-OH is 1. The molecule has 1 unspecified atom stereocenters. The number of hydrogen-bond donors (Lipinski definition) is 1. The standard InChI is InChI=1S/C26H27N3O6/c1-27(2)11-6-12-29-24(32)23(31)21(22(30)16-9-10-19-20(15-16)35-14-13-34-19)26(29)17-7-4-5-8-18(17)28(3)25(26)33/h4-5,7-10,15,30H,6,11-14H2,1-3H3/b22-21-. The lowest BCUT2D eigenvalue weighted by atomic mass is 9.82. The van der Waals surface area contributed by atoms with Gasteiger partial charge in [0.05, 0.1) is 5.57 Å². The van der Waals surface area contributed by atoms with Gasteiger partial charge >= 0.3 is 0 Å². The van der Waals surface area contributed by atoms with Gasteiger partial charge in [-0.3, -0.25) is 14.4 Å². The van der Waals surface area contributed by atoms with Crippen LogP contribution in [0.15, 0.2) is 48.0 Å². The van der Waals surface area contributed by atoms with E-state index < -0.39 is 28.9 Å². The van der Waals surface area contributed by atoms with Crippen LogP contribution in [0.4, 0.5) is 5.69 Å². The summed E-state index contributed by atoms with van der Waals surface area (Å²) in [7, 11) is 5.44. The summed E-state index contributed by atoms with van der Waals surface area (Å²) in [6, 6.07) is 11.8. The number of likely N-dealkylation sites (N-methyl/N-ethyl adjacent to an activating group) is 1. The van der Waals surface area contributed by atoms with E-state index in [0.717, 1.165) is 0 Å². The molecule has 0 aromatic heterocycles. The summed E-state index contributed by atoms with van der Waals surface area (Å²) in [5, 5.41) is 11.5. The second kappa shape index (κ2) is 8.42. The number of ketones is 1. The predicted octanol–water partition coefficient (Wildman–Crippen LogP) is 1.96. The number of nitrogens with zero attached hydrogens (tertiary/aromatic N) is 3. The third-order valence-electron chi connectivity index (χ3n) is 6.74. The molecule has 0 aliphatic carbocycles. The van der Waals surface area contributed by atoms with Crippen LogP contribution in [0.25, 0.3) is 5.76 Å². The van der Waals surface area contributed by atoms with Crippen LogP contribution in [-0.2, 0) is 19.9 Å². The number of amides is 2. The van der Waals surface area contributed by atoms with Crippen molar-refractivity contribution in [2.45, 2.75) is 12.0 Å². The maximum absolute atomic E-state index is 13.9. The Labute approximate surface area is 203 Å². The molecule has 5 rings (SSSR count). The van der Waals surface area contributed by atoms with Crippen molar-refractivity contribution < 1.29 is 29.0 Å². The van der Waals surface area contributed by atoms with Crippen molar-refractivity contribution in [1.29, 1.82) is 0 Å². The van der Waals surface area contributed by atoms with Gasteiger partial charge in [0, 0.05) is 30.4 Å². The van der Waals surface area contributed by atoms with Crippen LogP contribution in [0.2, 0.25) is 0 Å². The summed E-state index contributed by atoms with van der Waals surface area (Å²) in [5.74, 6) is -1.63. The molecule has 35 heavy (non-hydrogen) atoms. The Morgan fingerprint density at radius 3 is 2.51 bits per heavy atom. The third kappa shape index (κ3) is 3.30. The normalized spacial score (nSPS) is 22.5. The predicted molar refractivity (Wildman–Crippen MR) is 128 cm³/mol. The number of carbonyl (C=O) groups is 3. The van der Waals surface area contributed by atoms with Crippen LogP contribution in [0.1, 0.15) is 17.5 Å². The molecular weight excluding hydrogens is 450 g/mol. The summed E-state index contributed by atoms with van der Waals surface area (Å²) in [5.41, 5.74) is -0.630. The van der Waals surface area contributed by atoms with Crippen LogP contribution in [0, 0.1) is 0 Å². The second-order valence-corrected chi connectivity index (χ2v) is 9.12. The number of Topliss-reactive ketones (excluding diaryl/α,β-unsaturated/α-hetero) is 1. The van der Waals surface area contributed by atoms with E-state index in [4.69, 9.17) is 9.47 Å². The quantitative estimate of drug-likeness (QED) is 0.399. The Balaban J connectivity index is 1.73. The number of rotatable bonds is 5. The van der Waals surface area contributed by atoms with Crippen molar-refractivity contribution in [3.63, 3.8) is 0 Å². The molecular formula is C26H27N3O6. The largest absolute Gasteiger partial charge is 0.507 e. The lowest BCUT2D eigenvalue weighted by Crippen LogP contribution is -2.51. The summed E-state index contributed by atoms with van der Waals surface area (Å²) < 4.78 is 11.2. The van der Waals surface area contributed by atoms with Crippen LogP contribution in [-0.4, -0.2) is 80.0 Å². The first-order valence-electron chi connectivity index (χ1n) is 11.5. The highest BCUT2D eigenvalue weighted by atomic mass is 16.6. The van der Waals surface area contributed by atoms with Crippen molar-refractivity contribution in [1.82, 2.24) is 9.80 Å². The minimum atomic E-state index is -1.75. The highest BCUT2D eigenvalue weighted by Crippen LogP contribution is 2.53. The van der Waals surface area contributed by atoms with Crippen LogP contribution >= 0.6 is 0 Å². The molecule has 0 bridgehead atoms. The van der Waals surface area contributed by atoms with Gasteiger partial charge in [-0.25, -0.2) is 0 Å². The molecule has 3 aliphatic heterocycles. The molecule has 1 spiro atoms. The molecule has 3 heterocycles. The summed E-state index contributed by atoms with van der Waals surface area (Å²) in [6.07, 6.45) is 0.547. The minimum absolute atomic E-state index is 0.175. The molecule has 9 nitrogen and oxygen atoms in total. The Morgan fingerprint density at radius 2 is 1.77 bits per heavy atom. The maximum atomic E-state index is 13.9. The molecule has 0 saturated carbocycles. The minimum Gasteiger partial charge on any atom is -0.507 e. The van der Waals surface area contributed by atoms with E-state index >= 15 is 0 Å². The monoisotopic (exact) mass is 477 g/mol. The van der Waals surface area contributed by atoms with E-state index in [1.54, 1.807) is 49.5 Å². The van der Waals surface area contributed by atoms with E-state index in [1.165, 1.54) is 9.80 Å². The average Bonchev–Trinajstić information content (AvgIpc) is 3.22. The van der Waals surface area contributed by atoms with Crippen molar-refractivity contribution in [2.24, 2.45) is 0 Å². The fourth-order valence-corrected chi connectivity index (χ4v) is 5.15. The number of hydrogen-bond acceptors (Lipinski definition) is 7. The smallest absolute Gasteiger partial charge is 0.296 e. The molecule has 9 heteroatoms. The molecule has 2 amide bonds. The first-order chi connectivity index (χ1) is 16.8. The topological polar surface area (TPSA) is 99.6 Å². The van der Waals surface area contributed by atoms with E-state index in [9.17, 15) is 19.5 Å². The van der Waals surface area contributed by atoms with E-state index in [2.05, 4.69) is 0 Å². The Hall–Kier alpha value is -3.85. The van der Waals surface area contributed by atoms with Crippen LogP contribution in [0.5, 0.6) is 11.5 Å². The van der Waals surface area contributed by atoms with Crippen molar-refractivity contribution in [2.75, 3.05) is 52.3 Å². The Morgan fingerprint density at radius 1 is 1.06 bits per heavy atom. The summed E-state index contributed by atoms with van der Waals surface area (Å²) in [6.45, 7) is 1.60. The fraction of sp³-hybridized carbons (Fsp3) is 0.346. The SMILES string of the molecule is CN(C)CCCN1C(=O)C(=O)/C(=C(/O)c2ccc3c(c2)OCCO3)C12C(=O)N(C)c1ccccc12. The van der Waals surface area contributed by atoms with E-state index in [1.807, 2.05) is 19.0 Å². The molecule has 1 atom stereocenters. The van der Waals surface area contributed by atoms with Gasteiger partial charge in [-0.1, -0.05) is 18.2 Å². The maximum Gasteiger partial charge on any atom is 0.296 e. The molecule has 182 valence electrons. The average molecular weight is 478 g/mol. The van der Waals surface area contributed by atoms with Gasteiger partial charge in [0.1, 0.15) is 19.0 Å². The van der Waals surface area contributed by atoms with Crippen molar-refractivity contribution in [3.8, 4) is 11.5 Å². The van der Waals surface area contributed by atoms with Gasteiger partial charge in [-0.2, -0.15) is 0 Å². The number of para-hydroxylation sites is 1. The Kier molecular flexibility index (Phi) is 5.52. The van der Waals surface area contributed by atoms with E-state index in [-0.39, 0.29) is 17.7 Å². The molecule has 2 aromatic carbocycles. The van der Waals surface area contributed by atoms with Gasteiger partial charge < -0.3 is 29.3 Å². The Bertz CT molecular complexity index is 1270. The molecule has 3 aliphatic rings. The molecule has 0 radical (unpaired) electrons. The first kappa shape index (κ1) is 22.9.